The molecule has 2 nitrogen and oxygen atoms in total. The molecule has 0 aliphatic heterocycles. The summed E-state index contributed by atoms with van der Waals surface area (Å²) >= 11 is 0. The Morgan fingerprint density at radius 1 is 1.38 bits per heavy atom. The molecular formula is C8H9F3N2. The third kappa shape index (κ3) is 2.42. The average molecular weight is 190 g/mol. The van der Waals surface area contributed by atoms with Crippen molar-refractivity contribution in [3.05, 3.63) is 29.6 Å². The van der Waals surface area contributed by atoms with Gasteiger partial charge in [0.1, 0.15) is 6.04 Å². The molecule has 1 unspecified atom stereocenters. The second kappa shape index (κ2) is 3.33. The van der Waals surface area contributed by atoms with Crippen LogP contribution in [0.3, 0.4) is 0 Å². The van der Waals surface area contributed by atoms with Crippen molar-refractivity contribution >= 4 is 0 Å². The number of rotatable bonds is 1. The fraction of sp³-hybridized carbons (Fsp3) is 0.375. The van der Waals surface area contributed by atoms with E-state index >= 15 is 0 Å². The minimum atomic E-state index is -4.41. The van der Waals surface area contributed by atoms with Crippen LogP contribution in [0.25, 0.3) is 0 Å². The predicted molar refractivity (Wildman–Crippen MR) is 42.0 cm³/mol. The molecule has 0 amide bonds. The molecule has 0 saturated carbocycles. The Labute approximate surface area is 73.6 Å². The summed E-state index contributed by atoms with van der Waals surface area (Å²) in [6.45, 7) is 1.67. The highest BCUT2D eigenvalue weighted by atomic mass is 19.4. The van der Waals surface area contributed by atoms with Gasteiger partial charge in [0.2, 0.25) is 0 Å². The van der Waals surface area contributed by atoms with Crippen LogP contribution >= 0.6 is 0 Å². The summed E-state index contributed by atoms with van der Waals surface area (Å²) in [5.74, 6) is 0. The first-order chi connectivity index (χ1) is 5.91. The van der Waals surface area contributed by atoms with E-state index in [1.165, 1.54) is 12.3 Å². The minimum absolute atomic E-state index is 0.00694. The number of pyridine rings is 1. The van der Waals surface area contributed by atoms with Gasteiger partial charge in [0.15, 0.2) is 0 Å². The van der Waals surface area contributed by atoms with Crippen LogP contribution < -0.4 is 5.73 Å². The number of hydrogen-bond acceptors (Lipinski definition) is 2. The summed E-state index contributed by atoms with van der Waals surface area (Å²) in [6, 6.07) is -0.564. The Morgan fingerprint density at radius 3 is 2.46 bits per heavy atom. The summed E-state index contributed by atoms with van der Waals surface area (Å²) < 4.78 is 36.3. The smallest absolute Gasteiger partial charge is 0.316 e. The van der Waals surface area contributed by atoms with Gasteiger partial charge in [-0.15, -0.1) is 0 Å². The first-order valence-corrected chi connectivity index (χ1v) is 3.65. The summed E-state index contributed by atoms with van der Waals surface area (Å²) in [4.78, 5) is 3.64. The van der Waals surface area contributed by atoms with Crippen LogP contribution in [0.4, 0.5) is 13.2 Å². The molecule has 1 aromatic heterocycles. The second-order valence-electron chi connectivity index (χ2n) is 2.81. The average Bonchev–Trinajstić information content (AvgIpc) is 2.01. The molecule has 1 rings (SSSR count). The Balaban J connectivity index is 2.96. The lowest BCUT2D eigenvalue weighted by Crippen LogP contribution is -2.28. The molecule has 0 aliphatic carbocycles. The summed E-state index contributed by atoms with van der Waals surface area (Å²) in [7, 11) is 0. The monoisotopic (exact) mass is 190 g/mol. The van der Waals surface area contributed by atoms with E-state index in [1.54, 1.807) is 6.92 Å². The quantitative estimate of drug-likeness (QED) is 0.735. The Kier molecular flexibility index (Phi) is 2.56. The highest BCUT2D eigenvalue weighted by Crippen LogP contribution is 2.29. The van der Waals surface area contributed by atoms with Gasteiger partial charge in [0.25, 0.3) is 0 Å². The second-order valence-corrected chi connectivity index (χ2v) is 2.81. The van der Waals surface area contributed by atoms with Gasteiger partial charge in [-0.05, 0) is 18.1 Å². The van der Waals surface area contributed by atoms with Crippen LogP contribution in [-0.4, -0.2) is 11.2 Å². The SMILES string of the molecule is Cc1cncc(C(N)C(F)(F)F)c1. The van der Waals surface area contributed by atoms with Crippen molar-refractivity contribution in [2.24, 2.45) is 5.73 Å². The van der Waals surface area contributed by atoms with E-state index in [1.807, 2.05) is 0 Å². The van der Waals surface area contributed by atoms with Gasteiger partial charge < -0.3 is 5.73 Å². The molecule has 5 heteroatoms. The Hall–Kier alpha value is -1.10. The van der Waals surface area contributed by atoms with Crippen molar-refractivity contribution in [2.75, 3.05) is 0 Å². The van der Waals surface area contributed by atoms with Crippen LogP contribution in [0, 0.1) is 6.92 Å². The standard InChI is InChI=1S/C8H9F3N2/c1-5-2-6(4-13-3-5)7(12)8(9,10)11/h2-4,7H,12H2,1H3. The van der Waals surface area contributed by atoms with Gasteiger partial charge >= 0.3 is 6.18 Å². The molecule has 72 valence electrons. The lowest BCUT2D eigenvalue weighted by atomic mass is 10.1. The van der Waals surface area contributed by atoms with Crippen LogP contribution in [0.2, 0.25) is 0 Å². The van der Waals surface area contributed by atoms with Gasteiger partial charge in [-0.2, -0.15) is 13.2 Å². The molecule has 0 aromatic carbocycles. The summed E-state index contributed by atoms with van der Waals surface area (Å²) in [5.41, 5.74) is 5.63. The van der Waals surface area contributed by atoms with Gasteiger partial charge in [-0.3, -0.25) is 4.98 Å². The fourth-order valence-corrected chi connectivity index (χ4v) is 0.937. The van der Waals surface area contributed by atoms with E-state index in [0.717, 1.165) is 6.20 Å². The third-order valence-electron chi connectivity index (χ3n) is 1.61. The third-order valence-corrected chi connectivity index (χ3v) is 1.61. The lowest BCUT2D eigenvalue weighted by molar-refractivity contribution is -0.149. The number of hydrogen-bond donors (Lipinski definition) is 1. The number of halogens is 3. The highest BCUT2D eigenvalue weighted by molar-refractivity contribution is 5.20. The molecule has 1 aromatic rings. The van der Waals surface area contributed by atoms with Crippen molar-refractivity contribution in [3.63, 3.8) is 0 Å². The Bertz CT molecular complexity index is 296. The zero-order valence-corrected chi connectivity index (χ0v) is 6.97. The highest BCUT2D eigenvalue weighted by Gasteiger charge is 2.37. The number of alkyl halides is 3. The molecule has 0 aliphatic rings. The largest absolute Gasteiger partial charge is 0.407 e. The molecule has 13 heavy (non-hydrogen) atoms. The molecule has 0 bridgehead atoms. The van der Waals surface area contributed by atoms with Gasteiger partial charge in [0, 0.05) is 12.4 Å². The topological polar surface area (TPSA) is 38.9 Å². The summed E-state index contributed by atoms with van der Waals surface area (Å²) in [5, 5.41) is 0. The van der Waals surface area contributed by atoms with E-state index in [0.29, 0.717) is 5.56 Å². The molecule has 1 atom stereocenters. The van der Waals surface area contributed by atoms with Crippen molar-refractivity contribution in [3.8, 4) is 0 Å². The first-order valence-electron chi connectivity index (χ1n) is 3.65. The van der Waals surface area contributed by atoms with Crippen LogP contribution in [0.1, 0.15) is 17.2 Å². The van der Waals surface area contributed by atoms with Gasteiger partial charge in [-0.25, -0.2) is 0 Å². The maximum Gasteiger partial charge on any atom is 0.407 e. The number of nitrogens with zero attached hydrogens (tertiary/aromatic N) is 1. The predicted octanol–water partition coefficient (Wildman–Crippen LogP) is 1.95. The maximum atomic E-state index is 12.1. The zero-order valence-electron chi connectivity index (χ0n) is 6.97. The maximum absolute atomic E-state index is 12.1. The van der Waals surface area contributed by atoms with Crippen molar-refractivity contribution in [2.45, 2.75) is 19.1 Å². The van der Waals surface area contributed by atoms with Gasteiger partial charge in [0.05, 0.1) is 0 Å². The number of aromatic nitrogens is 1. The van der Waals surface area contributed by atoms with E-state index in [2.05, 4.69) is 4.98 Å². The molecule has 0 spiro atoms. The van der Waals surface area contributed by atoms with Crippen molar-refractivity contribution in [1.82, 2.24) is 4.98 Å². The molecular weight excluding hydrogens is 181 g/mol. The van der Waals surface area contributed by atoms with Crippen LogP contribution in [0.5, 0.6) is 0 Å². The Morgan fingerprint density at radius 2 is 2.00 bits per heavy atom. The molecule has 0 saturated heterocycles. The fourth-order valence-electron chi connectivity index (χ4n) is 0.937. The first kappa shape index (κ1) is 9.98. The number of nitrogens with two attached hydrogens (primary N) is 1. The number of aryl methyl sites for hydroxylation is 1. The van der Waals surface area contributed by atoms with E-state index in [-0.39, 0.29) is 5.56 Å². The molecule has 2 N–H and O–H groups in total. The minimum Gasteiger partial charge on any atom is -0.316 e. The van der Waals surface area contributed by atoms with Crippen molar-refractivity contribution < 1.29 is 13.2 Å². The lowest BCUT2D eigenvalue weighted by Gasteiger charge is -2.15. The molecule has 0 fully saturated rings. The van der Waals surface area contributed by atoms with E-state index in [4.69, 9.17) is 5.73 Å². The van der Waals surface area contributed by atoms with E-state index in [9.17, 15) is 13.2 Å². The van der Waals surface area contributed by atoms with E-state index < -0.39 is 12.2 Å². The molecule has 0 radical (unpaired) electrons. The van der Waals surface area contributed by atoms with Gasteiger partial charge in [-0.1, -0.05) is 6.07 Å². The van der Waals surface area contributed by atoms with Crippen LogP contribution in [-0.2, 0) is 0 Å². The van der Waals surface area contributed by atoms with Crippen molar-refractivity contribution in [1.29, 1.82) is 0 Å². The normalized spacial score (nSPS) is 14.2. The van der Waals surface area contributed by atoms with Crippen LogP contribution in [0.15, 0.2) is 18.5 Å². The summed E-state index contributed by atoms with van der Waals surface area (Å²) in [6.07, 6.45) is -1.80. The molecule has 1 heterocycles. The zero-order chi connectivity index (χ0) is 10.1.